The van der Waals surface area contributed by atoms with Crippen LogP contribution in [0, 0.1) is 0 Å². The fraction of sp³-hybridized carbons (Fsp3) is 0.364. The number of urea groups is 1. The van der Waals surface area contributed by atoms with Crippen LogP contribution in [0.25, 0.3) is 10.2 Å². The molecule has 5 rings (SSSR count). The monoisotopic (exact) mass is 456 g/mol. The summed E-state index contributed by atoms with van der Waals surface area (Å²) in [5.74, 6) is 0. The van der Waals surface area contributed by atoms with Crippen molar-refractivity contribution in [3.05, 3.63) is 53.5 Å². The van der Waals surface area contributed by atoms with Gasteiger partial charge in [0.05, 0.1) is 32.7 Å². The molecule has 2 aromatic carbocycles. The lowest BCUT2D eigenvalue weighted by molar-refractivity contribution is 0.151. The van der Waals surface area contributed by atoms with Gasteiger partial charge >= 0.3 is 6.03 Å². The van der Waals surface area contributed by atoms with E-state index >= 15 is 0 Å². The number of sulfone groups is 1. The molecule has 1 N–H and O–H groups in total. The van der Waals surface area contributed by atoms with E-state index in [1.165, 1.54) is 16.5 Å². The van der Waals surface area contributed by atoms with Gasteiger partial charge in [0.2, 0.25) is 0 Å². The van der Waals surface area contributed by atoms with E-state index in [1.807, 2.05) is 5.51 Å². The highest BCUT2D eigenvalue weighted by Crippen LogP contribution is 2.32. The molecule has 9 heteroatoms. The lowest BCUT2D eigenvalue weighted by atomic mass is 9.88. The Morgan fingerprint density at radius 3 is 2.74 bits per heavy atom. The highest BCUT2D eigenvalue weighted by atomic mass is 32.2. The van der Waals surface area contributed by atoms with Crippen molar-refractivity contribution in [2.24, 2.45) is 0 Å². The number of benzene rings is 2. The van der Waals surface area contributed by atoms with Gasteiger partial charge in [-0.15, -0.1) is 11.3 Å². The van der Waals surface area contributed by atoms with Crippen LogP contribution in [-0.2, 0) is 16.4 Å². The zero-order valence-corrected chi connectivity index (χ0v) is 18.9. The second kappa shape index (κ2) is 7.58. The summed E-state index contributed by atoms with van der Waals surface area (Å²) in [6, 6.07) is 12.9. The van der Waals surface area contributed by atoms with Crippen LogP contribution in [0.5, 0.6) is 0 Å². The predicted octanol–water partition coefficient (Wildman–Crippen LogP) is 3.26. The van der Waals surface area contributed by atoms with E-state index in [0.717, 1.165) is 38.0 Å². The van der Waals surface area contributed by atoms with Gasteiger partial charge in [-0.1, -0.05) is 12.1 Å². The van der Waals surface area contributed by atoms with Crippen LogP contribution in [0.15, 0.2) is 52.9 Å². The summed E-state index contributed by atoms with van der Waals surface area (Å²) in [6.45, 7) is 3.22. The molecule has 0 saturated carbocycles. The van der Waals surface area contributed by atoms with Gasteiger partial charge in [-0.25, -0.2) is 18.2 Å². The van der Waals surface area contributed by atoms with Crippen LogP contribution >= 0.6 is 11.3 Å². The molecule has 0 unspecified atom stereocenters. The van der Waals surface area contributed by atoms with Crippen molar-refractivity contribution in [1.29, 1.82) is 0 Å². The third-order valence-electron chi connectivity index (χ3n) is 6.25. The Morgan fingerprint density at radius 1 is 1.16 bits per heavy atom. The summed E-state index contributed by atoms with van der Waals surface area (Å²) in [4.78, 5) is 21.4. The number of piperidine rings is 1. The molecule has 3 heterocycles. The predicted molar refractivity (Wildman–Crippen MR) is 122 cm³/mol. The number of carbonyl (C=O) groups is 1. The minimum Gasteiger partial charge on any atom is -0.330 e. The van der Waals surface area contributed by atoms with Crippen LogP contribution in [0.2, 0.25) is 0 Å². The Balaban J connectivity index is 1.26. The number of thiazole rings is 1. The van der Waals surface area contributed by atoms with Crippen molar-refractivity contribution in [2.75, 3.05) is 30.8 Å². The molecular weight excluding hydrogens is 432 g/mol. The first-order valence-electron chi connectivity index (χ1n) is 10.3. The molecule has 0 radical (unpaired) electrons. The SMILES string of the molecule is CS(=O)(=O)c1cccc(N2CC3(CCN(Cc4ccc5scnc5c4)CC3)NC2=O)c1. The topological polar surface area (TPSA) is 82.6 Å². The molecule has 3 aromatic rings. The van der Waals surface area contributed by atoms with Crippen LogP contribution in [0.4, 0.5) is 10.5 Å². The Labute approximate surface area is 185 Å². The lowest BCUT2D eigenvalue weighted by Gasteiger charge is -2.38. The Hall–Kier alpha value is -2.49. The van der Waals surface area contributed by atoms with E-state index in [0.29, 0.717) is 12.2 Å². The number of rotatable bonds is 4. The smallest absolute Gasteiger partial charge is 0.322 e. The Kier molecular flexibility index (Phi) is 4.99. The molecule has 2 fully saturated rings. The summed E-state index contributed by atoms with van der Waals surface area (Å²) in [6.07, 6.45) is 2.90. The number of anilines is 1. The molecular formula is C22H24N4O3S2. The fourth-order valence-corrected chi connectivity index (χ4v) is 5.80. The maximum Gasteiger partial charge on any atom is 0.322 e. The molecule has 31 heavy (non-hydrogen) atoms. The number of amides is 2. The van der Waals surface area contributed by atoms with Crippen LogP contribution in [0.1, 0.15) is 18.4 Å². The van der Waals surface area contributed by atoms with Gasteiger partial charge < -0.3 is 5.32 Å². The zero-order chi connectivity index (χ0) is 21.6. The first-order chi connectivity index (χ1) is 14.8. The molecule has 2 aliphatic heterocycles. The number of hydrogen-bond donors (Lipinski definition) is 1. The molecule has 2 aliphatic rings. The first-order valence-corrected chi connectivity index (χ1v) is 13.0. The molecule has 2 saturated heterocycles. The molecule has 162 valence electrons. The minimum absolute atomic E-state index is 0.159. The summed E-state index contributed by atoms with van der Waals surface area (Å²) >= 11 is 1.65. The minimum atomic E-state index is -3.32. The average Bonchev–Trinajstić information content (AvgIpc) is 3.33. The van der Waals surface area contributed by atoms with Gasteiger partial charge in [-0.05, 0) is 48.7 Å². The molecule has 0 bridgehead atoms. The van der Waals surface area contributed by atoms with E-state index in [-0.39, 0.29) is 16.5 Å². The normalized spacial score (nSPS) is 19.3. The highest BCUT2D eigenvalue weighted by Gasteiger charge is 2.44. The summed E-state index contributed by atoms with van der Waals surface area (Å²) in [5.41, 5.74) is 4.53. The molecule has 0 atom stereocenters. The van der Waals surface area contributed by atoms with E-state index in [1.54, 1.807) is 40.5 Å². The first kappa shape index (κ1) is 20.4. The van der Waals surface area contributed by atoms with E-state index < -0.39 is 9.84 Å². The fourth-order valence-electron chi connectivity index (χ4n) is 4.48. The average molecular weight is 457 g/mol. The number of hydrogen-bond acceptors (Lipinski definition) is 6. The second-order valence-electron chi connectivity index (χ2n) is 8.50. The van der Waals surface area contributed by atoms with Gasteiger partial charge in [0, 0.05) is 31.6 Å². The molecule has 1 aromatic heterocycles. The Bertz CT molecular complexity index is 1250. The van der Waals surface area contributed by atoms with Crippen molar-refractivity contribution in [3.63, 3.8) is 0 Å². The maximum absolute atomic E-state index is 12.7. The van der Waals surface area contributed by atoms with Crippen LogP contribution < -0.4 is 10.2 Å². The van der Waals surface area contributed by atoms with Crippen molar-refractivity contribution < 1.29 is 13.2 Å². The van der Waals surface area contributed by atoms with Crippen molar-refractivity contribution >= 4 is 43.1 Å². The molecule has 1 spiro atoms. The van der Waals surface area contributed by atoms with E-state index in [4.69, 9.17) is 0 Å². The van der Waals surface area contributed by atoms with Gasteiger partial charge in [-0.2, -0.15) is 0 Å². The van der Waals surface area contributed by atoms with Crippen molar-refractivity contribution in [2.45, 2.75) is 29.8 Å². The van der Waals surface area contributed by atoms with Crippen LogP contribution in [0.3, 0.4) is 0 Å². The number of nitrogens with zero attached hydrogens (tertiary/aromatic N) is 3. The summed E-state index contributed by atoms with van der Waals surface area (Å²) < 4.78 is 25.0. The highest BCUT2D eigenvalue weighted by molar-refractivity contribution is 7.90. The molecule has 7 nitrogen and oxygen atoms in total. The van der Waals surface area contributed by atoms with Gasteiger partial charge in [0.15, 0.2) is 9.84 Å². The van der Waals surface area contributed by atoms with Gasteiger partial charge in [0.1, 0.15) is 0 Å². The zero-order valence-electron chi connectivity index (χ0n) is 17.2. The third kappa shape index (κ3) is 4.05. The van der Waals surface area contributed by atoms with Gasteiger partial charge in [-0.3, -0.25) is 9.80 Å². The number of fused-ring (bicyclic) bond motifs is 1. The summed E-state index contributed by atoms with van der Waals surface area (Å²) in [5, 5.41) is 3.18. The number of nitrogens with one attached hydrogen (secondary N) is 1. The van der Waals surface area contributed by atoms with E-state index in [9.17, 15) is 13.2 Å². The summed E-state index contributed by atoms with van der Waals surface area (Å²) in [7, 11) is -3.32. The number of aromatic nitrogens is 1. The third-order valence-corrected chi connectivity index (χ3v) is 8.17. The number of likely N-dealkylation sites (tertiary alicyclic amines) is 1. The second-order valence-corrected chi connectivity index (χ2v) is 11.4. The van der Waals surface area contributed by atoms with Crippen LogP contribution in [-0.4, -0.2) is 55.8 Å². The quantitative estimate of drug-likeness (QED) is 0.652. The lowest BCUT2D eigenvalue weighted by Crippen LogP contribution is -2.52. The van der Waals surface area contributed by atoms with Crippen molar-refractivity contribution in [3.8, 4) is 0 Å². The maximum atomic E-state index is 12.7. The molecule has 2 amide bonds. The standard InChI is InChI=1S/C22H24N4O3S2/c1-31(28,29)18-4-2-3-17(12-18)26-14-22(24-21(26)27)7-9-25(10-8-22)13-16-5-6-20-19(11-16)23-15-30-20/h2-6,11-12,15H,7-10,13-14H2,1H3,(H,24,27). The van der Waals surface area contributed by atoms with Crippen molar-refractivity contribution in [1.82, 2.24) is 15.2 Å². The Morgan fingerprint density at radius 2 is 1.97 bits per heavy atom. The number of carbonyl (C=O) groups excluding carboxylic acids is 1. The molecule has 0 aliphatic carbocycles. The van der Waals surface area contributed by atoms with Gasteiger partial charge in [0.25, 0.3) is 0 Å². The largest absolute Gasteiger partial charge is 0.330 e. The van der Waals surface area contributed by atoms with E-state index in [2.05, 4.69) is 33.4 Å².